The van der Waals surface area contributed by atoms with E-state index >= 15 is 0 Å². The molecule has 0 heterocycles. The summed E-state index contributed by atoms with van der Waals surface area (Å²) in [6.45, 7) is 0.433. The number of hydrogen-bond donors (Lipinski definition) is 2. The average Bonchev–Trinajstić information content (AvgIpc) is 2.55. The van der Waals surface area contributed by atoms with Gasteiger partial charge in [0.05, 0.1) is 9.79 Å². The van der Waals surface area contributed by atoms with Crippen LogP contribution in [0.25, 0.3) is 0 Å². The van der Waals surface area contributed by atoms with E-state index in [1.165, 1.54) is 38.4 Å². The fourth-order valence-electron chi connectivity index (χ4n) is 2.92. The van der Waals surface area contributed by atoms with E-state index in [0.717, 1.165) is 30.0 Å². The summed E-state index contributed by atoms with van der Waals surface area (Å²) in [6.07, 6.45) is 3.66. The fourth-order valence-corrected chi connectivity index (χ4v) is 5.33. The van der Waals surface area contributed by atoms with Gasteiger partial charge in [-0.15, -0.1) is 0 Å². The minimum Gasteiger partial charge on any atom is -0.330 e. The molecule has 1 aromatic carbocycles. The first kappa shape index (κ1) is 19.3. The second-order valence-corrected chi connectivity index (χ2v) is 10.1. The van der Waals surface area contributed by atoms with Crippen molar-refractivity contribution in [3.63, 3.8) is 0 Å². The predicted octanol–water partition coefficient (Wildman–Crippen LogP) is 0.733. The van der Waals surface area contributed by atoms with Crippen molar-refractivity contribution in [1.82, 2.24) is 9.03 Å². The van der Waals surface area contributed by atoms with Crippen LogP contribution in [0.3, 0.4) is 0 Å². The highest BCUT2D eigenvalue weighted by atomic mass is 32.2. The number of benzene rings is 1. The molecule has 9 heteroatoms. The third kappa shape index (κ3) is 4.15. The molecule has 2 atom stereocenters. The molecule has 2 unspecified atom stereocenters. The van der Waals surface area contributed by atoms with Gasteiger partial charge >= 0.3 is 0 Å². The van der Waals surface area contributed by atoms with Crippen molar-refractivity contribution in [3.8, 4) is 0 Å². The molecule has 0 aromatic heterocycles. The first-order valence-electron chi connectivity index (χ1n) is 7.93. The second kappa shape index (κ2) is 7.49. The van der Waals surface area contributed by atoms with Crippen molar-refractivity contribution in [1.29, 1.82) is 0 Å². The Kier molecular flexibility index (Phi) is 6.03. The van der Waals surface area contributed by atoms with Crippen molar-refractivity contribution in [2.45, 2.75) is 41.5 Å². The minimum atomic E-state index is -3.80. The van der Waals surface area contributed by atoms with Crippen molar-refractivity contribution in [3.05, 3.63) is 24.3 Å². The molecule has 0 amide bonds. The number of nitrogens with two attached hydrogens (primary N) is 1. The molecule has 0 saturated heterocycles. The van der Waals surface area contributed by atoms with Gasteiger partial charge in [-0.3, -0.25) is 0 Å². The molecule has 2 rings (SSSR count). The van der Waals surface area contributed by atoms with Gasteiger partial charge in [-0.25, -0.2) is 25.9 Å². The van der Waals surface area contributed by atoms with Crippen LogP contribution in [0.1, 0.15) is 25.7 Å². The van der Waals surface area contributed by atoms with Gasteiger partial charge in [0, 0.05) is 20.1 Å². The van der Waals surface area contributed by atoms with Crippen LogP contribution in [0.15, 0.2) is 34.1 Å². The van der Waals surface area contributed by atoms with Crippen LogP contribution >= 0.6 is 0 Å². The van der Waals surface area contributed by atoms with E-state index in [1.54, 1.807) is 0 Å². The maximum atomic E-state index is 12.7. The summed E-state index contributed by atoms with van der Waals surface area (Å²) in [5, 5.41) is 0. The lowest BCUT2D eigenvalue weighted by molar-refractivity contribution is 0.296. The van der Waals surface area contributed by atoms with Gasteiger partial charge in [0.15, 0.2) is 0 Å². The molecule has 1 saturated carbocycles. The summed E-state index contributed by atoms with van der Waals surface area (Å²) in [4.78, 5) is -0.0961. The Bertz CT molecular complexity index is 776. The Morgan fingerprint density at radius 1 is 1.12 bits per heavy atom. The van der Waals surface area contributed by atoms with Gasteiger partial charge in [0.1, 0.15) is 0 Å². The van der Waals surface area contributed by atoms with Crippen LogP contribution in [0.4, 0.5) is 0 Å². The molecular weight excluding hydrogens is 350 g/mol. The normalized spacial score (nSPS) is 22.7. The standard InChI is InChI=1S/C15H25N3O4S2/c1-18(2)24(21,22)14-8-5-7-13(10-14)23(19,20)17-15-9-4-3-6-12(15)11-16/h5,7-8,10,12,15,17H,3-4,6,9,11,16H2,1-2H3. The number of nitrogens with one attached hydrogen (secondary N) is 1. The van der Waals surface area contributed by atoms with Crippen molar-refractivity contribution in [2.24, 2.45) is 11.7 Å². The first-order chi connectivity index (χ1) is 11.2. The molecule has 1 aliphatic rings. The zero-order valence-corrected chi connectivity index (χ0v) is 15.6. The molecule has 1 fully saturated rings. The van der Waals surface area contributed by atoms with Crippen LogP contribution in [-0.2, 0) is 20.0 Å². The summed E-state index contributed by atoms with van der Waals surface area (Å²) in [7, 11) is -4.68. The lowest BCUT2D eigenvalue weighted by Gasteiger charge is -2.31. The molecular formula is C15H25N3O4S2. The van der Waals surface area contributed by atoms with Gasteiger partial charge in [-0.2, -0.15) is 0 Å². The molecule has 24 heavy (non-hydrogen) atoms. The van der Waals surface area contributed by atoms with Crippen LogP contribution in [-0.4, -0.2) is 47.8 Å². The fraction of sp³-hybridized carbons (Fsp3) is 0.600. The van der Waals surface area contributed by atoms with Gasteiger partial charge in [-0.05, 0) is 43.5 Å². The zero-order valence-electron chi connectivity index (χ0n) is 14.0. The highest BCUT2D eigenvalue weighted by molar-refractivity contribution is 7.90. The lowest BCUT2D eigenvalue weighted by atomic mass is 9.85. The molecule has 3 N–H and O–H groups in total. The monoisotopic (exact) mass is 375 g/mol. The van der Waals surface area contributed by atoms with Gasteiger partial charge in [-0.1, -0.05) is 18.9 Å². The number of sulfonamides is 2. The van der Waals surface area contributed by atoms with Gasteiger partial charge in [0.2, 0.25) is 20.0 Å². The van der Waals surface area contributed by atoms with E-state index in [1.807, 2.05) is 0 Å². The van der Waals surface area contributed by atoms with Crippen molar-refractivity contribution in [2.75, 3.05) is 20.6 Å². The van der Waals surface area contributed by atoms with Crippen LogP contribution in [0, 0.1) is 5.92 Å². The molecule has 1 aliphatic carbocycles. The van der Waals surface area contributed by atoms with Gasteiger partial charge < -0.3 is 5.73 Å². The molecule has 1 aromatic rings. The van der Waals surface area contributed by atoms with Gasteiger partial charge in [0.25, 0.3) is 0 Å². The summed E-state index contributed by atoms with van der Waals surface area (Å²) >= 11 is 0. The van der Waals surface area contributed by atoms with E-state index in [-0.39, 0.29) is 21.8 Å². The van der Waals surface area contributed by atoms with E-state index < -0.39 is 20.0 Å². The summed E-state index contributed by atoms with van der Waals surface area (Å²) in [5.41, 5.74) is 5.75. The highest BCUT2D eigenvalue weighted by Gasteiger charge is 2.29. The van der Waals surface area contributed by atoms with E-state index in [9.17, 15) is 16.8 Å². The second-order valence-electron chi connectivity index (χ2n) is 6.27. The third-order valence-electron chi connectivity index (χ3n) is 4.41. The van der Waals surface area contributed by atoms with Crippen molar-refractivity contribution < 1.29 is 16.8 Å². The van der Waals surface area contributed by atoms with Crippen LogP contribution in [0.5, 0.6) is 0 Å². The molecule has 7 nitrogen and oxygen atoms in total. The third-order valence-corrected chi connectivity index (χ3v) is 7.71. The highest BCUT2D eigenvalue weighted by Crippen LogP contribution is 2.26. The molecule has 0 bridgehead atoms. The summed E-state index contributed by atoms with van der Waals surface area (Å²) in [5.74, 6) is 0.113. The Balaban J connectivity index is 2.30. The zero-order chi connectivity index (χ0) is 18.0. The molecule has 0 radical (unpaired) electrons. The van der Waals surface area contributed by atoms with Crippen LogP contribution < -0.4 is 10.5 Å². The number of nitrogens with zero attached hydrogens (tertiary/aromatic N) is 1. The lowest BCUT2D eigenvalue weighted by Crippen LogP contribution is -2.44. The van der Waals surface area contributed by atoms with E-state index in [2.05, 4.69) is 4.72 Å². The summed E-state index contributed by atoms with van der Waals surface area (Å²) in [6, 6.07) is 5.21. The Hall–Kier alpha value is -1.00. The molecule has 0 spiro atoms. The Morgan fingerprint density at radius 3 is 2.38 bits per heavy atom. The smallest absolute Gasteiger partial charge is 0.242 e. The molecule has 136 valence electrons. The number of rotatable bonds is 6. The van der Waals surface area contributed by atoms with E-state index in [0.29, 0.717) is 6.54 Å². The largest absolute Gasteiger partial charge is 0.330 e. The first-order valence-corrected chi connectivity index (χ1v) is 10.9. The maximum Gasteiger partial charge on any atom is 0.242 e. The SMILES string of the molecule is CN(C)S(=O)(=O)c1cccc(S(=O)(=O)NC2CCCCC2CN)c1. The maximum absolute atomic E-state index is 12.7. The Morgan fingerprint density at radius 2 is 1.75 bits per heavy atom. The summed E-state index contributed by atoms with van der Waals surface area (Å²) < 4.78 is 53.4. The number of hydrogen-bond acceptors (Lipinski definition) is 5. The van der Waals surface area contributed by atoms with E-state index in [4.69, 9.17) is 5.73 Å². The topological polar surface area (TPSA) is 110 Å². The predicted molar refractivity (Wildman–Crippen MR) is 92.4 cm³/mol. The average molecular weight is 376 g/mol. The quantitative estimate of drug-likeness (QED) is 0.762. The Labute approximate surface area is 144 Å². The minimum absolute atomic E-state index is 0.0469. The van der Waals surface area contributed by atoms with Crippen LogP contribution in [0.2, 0.25) is 0 Å². The van der Waals surface area contributed by atoms with Crippen molar-refractivity contribution >= 4 is 20.0 Å². The molecule has 0 aliphatic heterocycles.